The minimum atomic E-state index is -1.32. The molecule has 1 fully saturated rings. The van der Waals surface area contributed by atoms with Gasteiger partial charge in [0.15, 0.2) is 6.61 Å². The van der Waals surface area contributed by atoms with Crippen molar-refractivity contribution in [2.24, 2.45) is 0 Å². The molecule has 0 bridgehead atoms. The summed E-state index contributed by atoms with van der Waals surface area (Å²) in [6, 6.07) is 8.28. The van der Waals surface area contributed by atoms with E-state index in [4.69, 9.17) is 4.74 Å². The number of esters is 1. The Morgan fingerprint density at radius 1 is 1.07 bits per heavy atom. The van der Waals surface area contributed by atoms with Gasteiger partial charge in [-0.2, -0.15) is 0 Å². The van der Waals surface area contributed by atoms with E-state index in [9.17, 15) is 13.8 Å². The van der Waals surface area contributed by atoms with Gasteiger partial charge in [0.2, 0.25) is 5.95 Å². The van der Waals surface area contributed by atoms with Crippen molar-refractivity contribution in [3.05, 3.63) is 48.3 Å². The van der Waals surface area contributed by atoms with Crippen LogP contribution >= 0.6 is 0 Å². The van der Waals surface area contributed by atoms with Crippen LogP contribution in [0.3, 0.4) is 0 Å². The van der Waals surface area contributed by atoms with Gasteiger partial charge >= 0.3 is 5.97 Å². The van der Waals surface area contributed by atoms with Gasteiger partial charge in [0.05, 0.1) is 21.3 Å². The highest BCUT2D eigenvalue weighted by Gasteiger charge is 2.24. The molecular formula is C18H20N4O4S. The molecule has 2 aromatic rings. The van der Waals surface area contributed by atoms with Gasteiger partial charge < -0.3 is 14.5 Å². The number of amides is 1. The van der Waals surface area contributed by atoms with Crippen molar-refractivity contribution in [1.29, 1.82) is 0 Å². The molecule has 1 saturated heterocycles. The minimum Gasteiger partial charge on any atom is -0.452 e. The first kappa shape index (κ1) is 19.0. The van der Waals surface area contributed by atoms with Gasteiger partial charge in [-0.25, -0.2) is 14.8 Å². The summed E-state index contributed by atoms with van der Waals surface area (Å²) in [5.41, 5.74) is 0.220. The van der Waals surface area contributed by atoms with E-state index in [1.54, 1.807) is 47.6 Å². The van der Waals surface area contributed by atoms with Gasteiger partial charge in [-0.1, -0.05) is 12.1 Å². The number of benzene rings is 1. The molecule has 8 nitrogen and oxygen atoms in total. The third-order valence-corrected chi connectivity index (χ3v) is 5.19. The molecule has 0 spiro atoms. The summed E-state index contributed by atoms with van der Waals surface area (Å²) in [7, 11) is -1.32. The first-order chi connectivity index (χ1) is 13.1. The van der Waals surface area contributed by atoms with E-state index >= 15 is 0 Å². The van der Waals surface area contributed by atoms with Crippen LogP contribution in [0.25, 0.3) is 0 Å². The van der Waals surface area contributed by atoms with Crippen molar-refractivity contribution in [1.82, 2.24) is 14.9 Å². The number of rotatable bonds is 5. The zero-order chi connectivity index (χ0) is 19.2. The molecule has 0 unspecified atom stereocenters. The quantitative estimate of drug-likeness (QED) is 0.697. The molecule has 1 atom stereocenters. The molecule has 0 aliphatic carbocycles. The summed E-state index contributed by atoms with van der Waals surface area (Å²) >= 11 is 0. The number of aromatic nitrogens is 2. The molecule has 0 saturated carbocycles. The highest BCUT2D eigenvalue weighted by atomic mass is 32.2. The summed E-state index contributed by atoms with van der Waals surface area (Å²) in [6.45, 7) is 1.89. The van der Waals surface area contributed by atoms with Crippen LogP contribution in [0.5, 0.6) is 0 Å². The number of carbonyl (C=O) groups is 2. The Morgan fingerprint density at radius 3 is 2.41 bits per heavy atom. The summed E-state index contributed by atoms with van der Waals surface area (Å²) < 4.78 is 16.9. The third-order valence-electron chi connectivity index (χ3n) is 4.21. The second-order valence-corrected chi connectivity index (χ2v) is 7.29. The van der Waals surface area contributed by atoms with Gasteiger partial charge in [-0.15, -0.1) is 0 Å². The van der Waals surface area contributed by atoms with E-state index in [0.29, 0.717) is 37.0 Å². The maximum atomic E-state index is 12.3. The molecule has 1 aliphatic rings. The Morgan fingerprint density at radius 2 is 1.74 bits per heavy atom. The predicted molar refractivity (Wildman–Crippen MR) is 99.9 cm³/mol. The van der Waals surface area contributed by atoms with Crippen LogP contribution in [0.4, 0.5) is 5.95 Å². The topological polar surface area (TPSA) is 92.7 Å². The number of carbonyl (C=O) groups excluding carboxylic acids is 2. The Hall–Kier alpha value is -2.81. The second-order valence-electron chi connectivity index (χ2n) is 5.94. The Balaban J connectivity index is 1.52. The van der Waals surface area contributed by atoms with Gasteiger partial charge in [0.25, 0.3) is 5.91 Å². The smallest absolute Gasteiger partial charge is 0.339 e. The summed E-state index contributed by atoms with van der Waals surface area (Å²) in [4.78, 5) is 37.0. The highest BCUT2D eigenvalue weighted by molar-refractivity contribution is 7.84. The fraction of sp³-hybridized carbons (Fsp3) is 0.333. The number of piperazine rings is 1. The number of anilines is 1. The van der Waals surface area contributed by atoms with Crippen LogP contribution < -0.4 is 4.90 Å². The molecular weight excluding hydrogens is 368 g/mol. The van der Waals surface area contributed by atoms with Crippen molar-refractivity contribution in [2.75, 3.05) is 43.9 Å². The molecule has 27 heavy (non-hydrogen) atoms. The molecule has 2 heterocycles. The minimum absolute atomic E-state index is 0.220. The Labute approximate surface area is 159 Å². The van der Waals surface area contributed by atoms with Gasteiger partial charge in [-0.05, 0) is 18.2 Å². The third kappa shape index (κ3) is 4.68. The average Bonchev–Trinajstić information content (AvgIpc) is 2.72. The molecule has 0 N–H and O–H groups in total. The van der Waals surface area contributed by atoms with Crippen LogP contribution in [0, 0.1) is 0 Å². The highest BCUT2D eigenvalue weighted by Crippen LogP contribution is 2.14. The lowest BCUT2D eigenvalue weighted by Gasteiger charge is -2.34. The van der Waals surface area contributed by atoms with E-state index in [2.05, 4.69) is 9.97 Å². The summed E-state index contributed by atoms with van der Waals surface area (Å²) in [6.07, 6.45) is 4.86. The van der Waals surface area contributed by atoms with E-state index in [1.165, 1.54) is 6.26 Å². The molecule has 1 aromatic carbocycles. The average molecular weight is 388 g/mol. The van der Waals surface area contributed by atoms with Crippen molar-refractivity contribution in [2.45, 2.75) is 4.90 Å². The molecule has 1 aromatic heterocycles. The van der Waals surface area contributed by atoms with E-state index in [-0.39, 0.29) is 18.1 Å². The van der Waals surface area contributed by atoms with Crippen molar-refractivity contribution >= 4 is 28.6 Å². The van der Waals surface area contributed by atoms with Gasteiger partial charge in [0.1, 0.15) is 0 Å². The SMILES string of the molecule is C[S@@](=O)c1ccccc1C(=O)OCC(=O)N1CCN(c2ncccn2)CC1. The van der Waals surface area contributed by atoms with Crippen molar-refractivity contribution in [3.8, 4) is 0 Å². The first-order valence-electron chi connectivity index (χ1n) is 8.45. The molecule has 1 amide bonds. The molecule has 0 radical (unpaired) electrons. The number of hydrogen-bond donors (Lipinski definition) is 0. The maximum Gasteiger partial charge on any atom is 0.339 e. The van der Waals surface area contributed by atoms with E-state index in [1.807, 2.05) is 4.90 Å². The molecule has 3 rings (SSSR count). The van der Waals surface area contributed by atoms with Crippen molar-refractivity contribution < 1.29 is 18.5 Å². The summed E-state index contributed by atoms with van der Waals surface area (Å²) in [5.74, 6) is -0.266. The Bertz CT molecular complexity index is 838. The van der Waals surface area contributed by atoms with Crippen molar-refractivity contribution in [3.63, 3.8) is 0 Å². The number of ether oxygens (including phenoxy) is 1. The number of nitrogens with zero attached hydrogens (tertiary/aromatic N) is 4. The molecule has 9 heteroatoms. The first-order valence-corrected chi connectivity index (χ1v) is 10.0. The maximum absolute atomic E-state index is 12.3. The number of hydrogen-bond acceptors (Lipinski definition) is 7. The lowest BCUT2D eigenvalue weighted by atomic mass is 10.2. The second kappa shape index (κ2) is 8.72. The fourth-order valence-corrected chi connectivity index (χ4v) is 3.52. The van der Waals surface area contributed by atoms with E-state index in [0.717, 1.165) is 0 Å². The van der Waals surface area contributed by atoms with Gasteiger partial charge in [0, 0.05) is 44.8 Å². The standard InChI is InChI=1S/C18H20N4O4S/c1-27(25)15-6-3-2-5-14(15)17(24)26-13-16(23)21-9-11-22(12-10-21)18-19-7-4-8-20-18/h2-8H,9-13H2,1H3/t27-/m1/s1. The monoisotopic (exact) mass is 388 g/mol. The van der Waals surface area contributed by atoms with Crippen LogP contribution in [0.1, 0.15) is 10.4 Å². The predicted octanol–water partition coefficient (Wildman–Crippen LogP) is 0.720. The van der Waals surface area contributed by atoms with Crippen LogP contribution in [0.2, 0.25) is 0 Å². The zero-order valence-electron chi connectivity index (χ0n) is 14.9. The normalized spacial score (nSPS) is 15.3. The molecule has 142 valence electrons. The van der Waals surface area contributed by atoms with E-state index < -0.39 is 16.8 Å². The zero-order valence-corrected chi connectivity index (χ0v) is 15.7. The van der Waals surface area contributed by atoms with Crippen LogP contribution in [0.15, 0.2) is 47.6 Å². The fourth-order valence-electron chi connectivity index (χ4n) is 2.79. The largest absolute Gasteiger partial charge is 0.452 e. The van der Waals surface area contributed by atoms with Crippen LogP contribution in [-0.2, 0) is 20.3 Å². The van der Waals surface area contributed by atoms with Gasteiger partial charge in [-0.3, -0.25) is 9.00 Å². The Kier molecular flexibility index (Phi) is 6.12. The lowest BCUT2D eigenvalue weighted by Crippen LogP contribution is -2.50. The summed E-state index contributed by atoms with van der Waals surface area (Å²) in [5, 5.41) is 0. The van der Waals surface area contributed by atoms with Crippen LogP contribution in [-0.4, -0.2) is 70.0 Å². The molecule has 1 aliphatic heterocycles. The lowest BCUT2D eigenvalue weighted by molar-refractivity contribution is -0.134.